The number of amides is 1. The van der Waals surface area contributed by atoms with E-state index in [0.29, 0.717) is 0 Å². The molecule has 0 bridgehead atoms. The number of carbonyl (C=O) groups is 1. The summed E-state index contributed by atoms with van der Waals surface area (Å²) in [7, 11) is 0. The van der Waals surface area contributed by atoms with Gasteiger partial charge in [0.15, 0.2) is 0 Å². The number of nitrogens with zero attached hydrogens (tertiary/aromatic N) is 1. The van der Waals surface area contributed by atoms with E-state index in [9.17, 15) is 4.79 Å². The molecular formula is C23H30N2O. The van der Waals surface area contributed by atoms with E-state index >= 15 is 0 Å². The average molecular weight is 351 g/mol. The second kappa shape index (κ2) is 9.00. The Morgan fingerprint density at radius 3 is 2.38 bits per heavy atom. The third-order valence-corrected chi connectivity index (χ3v) is 5.50. The van der Waals surface area contributed by atoms with Gasteiger partial charge >= 0.3 is 0 Å². The zero-order chi connectivity index (χ0) is 18.4. The molecule has 0 unspecified atom stereocenters. The molecule has 3 heteroatoms. The molecule has 0 aromatic heterocycles. The summed E-state index contributed by atoms with van der Waals surface area (Å²) in [5.74, 6) is 0.361. The van der Waals surface area contributed by atoms with Crippen LogP contribution in [-0.4, -0.2) is 23.9 Å². The van der Waals surface area contributed by atoms with E-state index in [2.05, 4.69) is 78.7 Å². The van der Waals surface area contributed by atoms with Gasteiger partial charge in [-0.25, -0.2) is 0 Å². The summed E-state index contributed by atoms with van der Waals surface area (Å²) in [5, 5.41) is 3.30. The molecule has 26 heavy (non-hydrogen) atoms. The van der Waals surface area contributed by atoms with Crippen LogP contribution in [0.15, 0.2) is 54.6 Å². The first-order valence-corrected chi connectivity index (χ1v) is 9.79. The van der Waals surface area contributed by atoms with Crippen molar-refractivity contribution in [1.82, 2.24) is 10.2 Å². The Hall–Kier alpha value is -2.13. The number of benzene rings is 2. The number of hydrogen-bond acceptors (Lipinski definition) is 2. The van der Waals surface area contributed by atoms with Crippen molar-refractivity contribution in [3.05, 3.63) is 71.3 Å². The third kappa shape index (κ3) is 4.73. The maximum atomic E-state index is 12.8. The van der Waals surface area contributed by atoms with Crippen LogP contribution in [0, 0.1) is 12.8 Å². The van der Waals surface area contributed by atoms with Gasteiger partial charge in [-0.3, -0.25) is 9.69 Å². The highest BCUT2D eigenvalue weighted by molar-refractivity contribution is 5.79. The second-order valence-corrected chi connectivity index (χ2v) is 7.36. The molecular weight excluding hydrogens is 320 g/mol. The average Bonchev–Trinajstić information content (AvgIpc) is 2.68. The van der Waals surface area contributed by atoms with Gasteiger partial charge in [0.1, 0.15) is 0 Å². The smallest absolute Gasteiger partial charge is 0.223 e. The van der Waals surface area contributed by atoms with Crippen molar-refractivity contribution in [3.63, 3.8) is 0 Å². The van der Waals surface area contributed by atoms with Crippen molar-refractivity contribution < 1.29 is 4.79 Å². The molecule has 0 aliphatic carbocycles. The largest absolute Gasteiger partial charge is 0.349 e. The normalized spacial score (nSPS) is 17.0. The van der Waals surface area contributed by atoms with Crippen LogP contribution in [0.5, 0.6) is 0 Å². The number of hydrogen-bond donors (Lipinski definition) is 1. The van der Waals surface area contributed by atoms with Crippen LogP contribution in [-0.2, 0) is 11.3 Å². The first kappa shape index (κ1) is 18.7. The fourth-order valence-corrected chi connectivity index (χ4v) is 3.86. The Bertz CT molecular complexity index is 705. The van der Waals surface area contributed by atoms with Gasteiger partial charge in [0, 0.05) is 12.5 Å². The summed E-state index contributed by atoms with van der Waals surface area (Å²) in [6.07, 6.45) is 2.81. The van der Waals surface area contributed by atoms with E-state index in [0.717, 1.165) is 38.9 Å². The number of aryl methyl sites for hydroxylation is 1. The molecule has 0 radical (unpaired) electrons. The minimum Gasteiger partial charge on any atom is -0.349 e. The lowest BCUT2D eigenvalue weighted by Crippen LogP contribution is -2.41. The molecule has 0 spiro atoms. The summed E-state index contributed by atoms with van der Waals surface area (Å²) in [5.41, 5.74) is 3.84. The maximum Gasteiger partial charge on any atom is 0.223 e. The SMILES string of the molecule is CC[C@@H](NC(=O)C1CCN(Cc2ccccc2)CC1)c1ccccc1C. The lowest BCUT2D eigenvalue weighted by Gasteiger charge is -2.32. The molecule has 1 N–H and O–H groups in total. The van der Waals surface area contributed by atoms with E-state index in [1.54, 1.807) is 0 Å². The molecule has 1 heterocycles. The Morgan fingerprint density at radius 1 is 1.08 bits per heavy atom. The van der Waals surface area contributed by atoms with Gasteiger partial charge in [-0.15, -0.1) is 0 Å². The molecule has 1 fully saturated rings. The predicted molar refractivity (Wildman–Crippen MR) is 107 cm³/mol. The van der Waals surface area contributed by atoms with Gasteiger partial charge < -0.3 is 5.32 Å². The lowest BCUT2D eigenvalue weighted by molar-refractivity contribution is -0.127. The molecule has 1 aliphatic rings. The fourth-order valence-electron chi connectivity index (χ4n) is 3.86. The molecule has 1 amide bonds. The van der Waals surface area contributed by atoms with Crippen molar-refractivity contribution >= 4 is 5.91 Å². The van der Waals surface area contributed by atoms with Crippen LogP contribution in [0.2, 0.25) is 0 Å². The van der Waals surface area contributed by atoms with Crippen molar-refractivity contribution in [2.24, 2.45) is 5.92 Å². The molecule has 1 saturated heterocycles. The highest BCUT2D eigenvalue weighted by Crippen LogP contribution is 2.24. The van der Waals surface area contributed by atoms with Crippen LogP contribution in [0.3, 0.4) is 0 Å². The van der Waals surface area contributed by atoms with E-state index < -0.39 is 0 Å². The van der Waals surface area contributed by atoms with Crippen molar-refractivity contribution in [1.29, 1.82) is 0 Å². The van der Waals surface area contributed by atoms with Crippen LogP contribution >= 0.6 is 0 Å². The first-order chi connectivity index (χ1) is 12.7. The Morgan fingerprint density at radius 2 is 1.73 bits per heavy atom. The molecule has 2 aromatic carbocycles. The molecule has 1 aliphatic heterocycles. The zero-order valence-electron chi connectivity index (χ0n) is 15.9. The molecule has 0 saturated carbocycles. The number of nitrogens with one attached hydrogen (secondary N) is 1. The number of likely N-dealkylation sites (tertiary alicyclic amines) is 1. The number of piperidine rings is 1. The second-order valence-electron chi connectivity index (χ2n) is 7.36. The minimum absolute atomic E-state index is 0.117. The molecule has 3 nitrogen and oxygen atoms in total. The number of rotatable bonds is 6. The number of carbonyl (C=O) groups excluding carboxylic acids is 1. The Balaban J connectivity index is 1.52. The van der Waals surface area contributed by atoms with Crippen molar-refractivity contribution in [2.45, 2.75) is 45.7 Å². The van der Waals surface area contributed by atoms with Crippen LogP contribution in [0.1, 0.15) is 48.9 Å². The topological polar surface area (TPSA) is 32.3 Å². The summed E-state index contributed by atoms with van der Waals surface area (Å²) >= 11 is 0. The highest BCUT2D eigenvalue weighted by atomic mass is 16.1. The summed E-state index contributed by atoms with van der Waals surface area (Å²) in [6.45, 7) is 7.23. The quantitative estimate of drug-likeness (QED) is 0.833. The monoisotopic (exact) mass is 350 g/mol. The Kier molecular flexibility index (Phi) is 6.45. The van der Waals surface area contributed by atoms with Crippen LogP contribution in [0.25, 0.3) is 0 Å². The van der Waals surface area contributed by atoms with E-state index in [1.807, 2.05) is 0 Å². The molecule has 1 atom stereocenters. The highest BCUT2D eigenvalue weighted by Gasteiger charge is 2.26. The van der Waals surface area contributed by atoms with Crippen molar-refractivity contribution in [2.75, 3.05) is 13.1 Å². The minimum atomic E-state index is 0.117. The predicted octanol–water partition coefficient (Wildman–Crippen LogP) is 4.47. The molecule has 2 aromatic rings. The molecule has 3 rings (SSSR count). The Labute approximate surface area is 157 Å². The van der Waals surface area contributed by atoms with Gasteiger partial charge in [-0.2, -0.15) is 0 Å². The van der Waals surface area contributed by atoms with Crippen LogP contribution < -0.4 is 5.32 Å². The van der Waals surface area contributed by atoms with Gasteiger partial charge in [0.05, 0.1) is 6.04 Å². The standard InChI is InChI=1S/C23H30N2O/c1-3-22(21-12-8-7-9-18(21)2)24-23(26)20-13-15-25(16-14-20)17-19-10-5-4-6-11-19/h4-12,20,22H,3,13-17H2,1-2H3,(H,24,26)/t22-/m1/s1. The summed E-state index contributed by atoms with van der Waals surface area (Å²) in [6, 6.07) is 19.1. The van der Waals surface area contributed by atoms with Gasteiger partial charge in [-0.05, 0) is 56.0 Å². The van der Waals surface area contributed by atoms with E-state index in [4.69, 9.17) is 0 Å². The van der Waals surface area contributed by atoms with Gasteiger partial charge in [-0.1, -0.05) is 61.5 Å². The fraction of sp³-hybridized carbons (Fsp3) is 0.435. The third-order valence-electron chi connectivity index (χ3n) is 5.50. The van der Waals surface area contributed by atoms with Gasteiger partial charge in [0.2, 0.25) is 5.91 Å². The summed E-state index contributed by atoms with van der Waals surface area (Å²) in [4.78, 5) is 15.2. The van der Waals surface area contributed by atoms with Gasteiger partial charge in [0.25, 0.3) is 0 Å². The maximum absolute atomic E-state index is 12.8. The van der Waals surface area contributed by atoms with Crippen molar-refractivity contribution in [3.8, 4) is 0 Å². The first-order valence-electron chi connectivity index (χ1n) is 9.79. The molecule has 138 valence electrons. The summed E-state index contributed by atoms with van der Waals surface area (Å²) < 4.78 is 0. The zero-order valence-corrected chi connectivity index (χ0v) is 15.9. The lowest BCUT2D eigenvalue weighted by atomic mass is 9.93. The van der Waals surface area contributed by atoms with E-state index in [-0.39, 0.29) is 17.9 Å². The van der Waals surface area contributed by atoms with Crippen LogP contribution in [0.4, 0.5) is 0 Å². The van der Waals surface area contributed by atoms with E-state index in [1.165, 1.54) is 16.7 Å².